The Morgan fingerprint density at radius 1 is 1.64 bits per heavy atom. The third-order valence-corrected chi connectivity index (χ3v) is 1.85. The van der Waals surface area contributed by atoms with Crippen LogP contribution in [0.2, 0.25) is 0 Å². The van der Waals surface area contributed by atoms with Crippen LogP contribution in [0.5, 0.6) is 0 Å². The number of hydrogen-bond donors (Lipinski definition) is 1. The van der Waals surface area contributed by atoms with Crippen LogP contribution in [-0.2, 0) is 14.3 Å². The number of ether oxygens (including phenoxy) is 2. The molecule has 0 bridgehead atoms. The fourth-order valence-corrected chi connectivity index (χ4v) is 1.20. The first-order chi connectivity index (χ1) is 6.83. The fourth-order valence-electron chi connectivity index (χ4n) is 1.20. The molecule has 82 valence electrons. The van der Waals surface area contributed by atoms with E-state index >= 15 is 0 Å². The van der Waals surface area contributed by atoms with Gasteiger partial charge >= 0.3 is 0 Å². The lowest BCUT2D eigenvalue weighted by Gasteiger charge is -2.22. The van der Waals surface area contributed by atoms with Crippen LogP contribution >= 0.6 is 0 Å². The summed E-state index contributed by atoms with van der Waals surface area (Å²) in [5.41, 5.74) is 0.837. The van der Waals surface area contributed by atoms with Gasteiger partial charge in [-0.15, -0.1) is 0 Å². The summed E-state index contributed by atoms with van der Waals surface area (Å²) in [5, 5.41) is 7.18. The van der Waals surface area contributed by atoms with Crippen LogP contribution in [0.1, 0.15) is 6.92 Å². The zero-order chi connectivity index (χ0) is 10.2. The van der Waals surface area contributed by atoms with E-state index in [0.717, 1.165) is 18.9 Å². The molecule has 0 aromatic carbocycles. The standard InChI is InChI=1S/C9H18N2O3/c1-8(5-12-2)11-14-7-9-6-13-4-3-10-9/h9-10H,3-7H2,1-2H3/b11-8-/t9-/m0/s1. The van der Waals surface area contributed by atoms with Crippen molar-refractivity contribution in [3.63, 3.8) is 0 Å². The van der Waals surface area contributed by atoms with Crippen molar-refractivity contribution in [3.8, 4) is 0 Å². The van der Waals surface area contributed by atoms with E-state index in [1.807, 2.05) is 6.92 Å². The molecule has 14 heavy (non-hydrogen) atoms. The number of methoxy groups -OCH3 is 1. The highest BCUT2D eigenvalue weighted by molar-refractivity contribution is 5.82. The summed E-state index contributed by atoms with van der Waals surface area (Å²) < 4.78 is 10.2. The third-order valence-electron chi connectivity index (χ3n) is 1.85. The molecule has 0 spiro atoms. The molecule has 1 fully saturated rings. The zero-order valence-corrected chi connectivity index (χ0v) is 8.78. The van der Waals surface area contributed by atoms with Crippen LogP contribution in [0.25, 0.3) is 0 Å². The molecular formula is C9H18N2O3. The summed E-state index contributed by atoms with van der Waals surface area (Å²) in [6, 6.07) is 0.253. The fraction of sp³-hybridized carbons (Fsp3) is 0.889. The van der Waals surface area contributed by atoms with Gasteiger partial charge in [0.25, 0.3) is 0 Å². The van der Waals surface area contributed by atoms with Crippen molar-refractivity contribution in [2.24, 2.45) is 5.16 Å². The summed E-state index contributed by atoms with van der Waals surface area (Å²) in [6.07, 6.45) is 0. The largest absolute Gasteiger partial charge is 0.394 e. The van der Waals surface area contributed by atoms with Gasteiger partial charge in [-0.05, 0) is 6.92 Å². The molecule has 0 amide bonds. The molecule has 0 radical (unpaired) electrons. The highest BCUT2D eigenvalue weighted by Crippen LogP contribution is 1.94. The Morgan fingerprint density at radius 2 is 2.50 bits per heavy atom. The number of oxime groups is 1. The van der Waals surface area contributed by atoms with Crippen molar-refractivity contribution in [2.75, 3.05) is 40.1 Å². The van der Waals surface area contributed by atoms with Gasteiger partial charge in [-0.3, -0.25) is 0 Å². The first kappa shape index (κ1) is 11.4. The van der Waals surface area contributed by atoms with Crippen molar-refractivity contribution in [1.29, 1.82) is 0 Å². The Bertz CT molecular complexity index is 179. The summed E-state index contributed by atoms with van der Waals surface area (Å²) in [6.45, 7) is 5.28. The summed E-state index contributed by atoms with van der Waals surface area (Å²) >= 11 is 0. The quantitative estimate of drug-likeness (QED) is 0.504. The topological polar surface area (TPSA) is 52.1 Å². The Kier molecular flexibility index (Phi) is 5.51. The average molecular weight is 202 g/mol. The van der Waals surface area contributed by atoms with E-state index < -0.39 is 0 Å². The molecule has 1 atom stereocenters. The van der Waals surface area contributed by atoms with E-state index in [2.05, 4.69) is 10.5 Å². The second-order valence-corrected chi connectivity index (χ2v) is 3.28. The maximum absolute atomic E-state index is 5.27. The van der Waals surface area contributed by atoms with Gasteiger partial charge in [-0.2, -0.15) is 0 Å². The molecule has 0 saturated carbocycles. The number of hydrogen-bond acceptors (Lipinski definition) is 5. The molecule has 0 aromatic rings. The van der Waals surface area contributed by atoms with Gasteiger partial charge in [0.1, 0.15) is 6.61 Å². The van der Waals surface area contributed by atoms with E-state index in [4.69, 9.17) is 14.3 Å². The Hall–Kier alpha value is -0.650. The van der Waals surface area contributed by atoms with Crippen LogP contribution in [0.15, 0.2) is 5.16 Å². The Labute approximate surface area is 84.4 Å². The second kappa shape index (κ2) is 6.75. The highest BCUT2D eigenvalue weighted by Gasteiger charge is 2.12. The van der Waals surface area contributed by atoms with E-state index in [0.29, 0.717) is 19.8 Å². The molecule has 1 aliphatic rings. The first-order valence-corrected chi connectivity index (χ1v) is 4.78. The van der Waals surface area contributed by atoms with E-state index in [1.54, 1.807) is 7.11 Å². The molecule has 0 unspecified atom stereocenters. The molecule has 0 aliphatic carbocycles. The lowest BCUT2D eigenvalue weighted by Crippen LogP contribution is -2.43. The van der Waals surface area contributed by atoms with Crippen molar-refractivity contribution in [3.05, 3.63) is 0 Å². The number of nitrogens with one attached hydrogen (secondary N) is 1. The predicted octanol–water partition coefficient (Wildman–Crippen LogP) is 0.0137. The zero-order valence-electron chi connectivity index (χ0n) is 8.78. The molecule has 1 saturated heterocycles. The van der Waals surface area contributed by atoms with Gasteiger partial charge in [0.05, 0.1) is 31.6 Å². The Balaban J connectivity index is 2.09. The monoisotopic (exact) mass is 202 g/mol. The minimum absolute atomic E-state index is 0.253. The minimum atomic E-state index is 0.253. The Morgan fingerprint density at radius 3 is 3.14 bits per heavy atom. The molecule has 5 heteroatoms. The van der Waals surface area contributed by atoms with E-state index in [-0.39, 0.29) is 6.04 Å². The van der Waals surface area contributed by atoms with Gasteiger partial charge in [0, 0.05) is 13.7 Å². The van der Waals surface area contributed by atoms with Crippen molar-refractivity contribution in [2.45, 2.75) is 13.0 Å². The molecule has 1 N–H and O–H groups in total. The molecule has 1 heterocycles. The van der Waals surface area contributed by atoms with E-state index in [9.17, 15) is 0 Å². The van der Waals surface area contributed by atoms with Crippen LogP contribution in [-0.4, -0.2) is 51.8 Å². The summed E-state index contributed by atoms with van der Waals surface area (Å²) in [4.78, 5) is 5.15. The highest BCUT2D eigenvalue weighted by atomic mass is 16.6. The molecule has 1 aliphatic heterocycles. The van der Waals surface area contributed by atoms with Crippen LogP contribution in [0.4, 0.5) is 0 Å². The summed E-state index contributed by atoms with van der Waals surface area (Å²) in [5.74, 6) is 0. The van der Waals surface area contributed by atoms with Gasteiger partial charge in [0.15, 0.2) is 0 Å². The lowest BCUT2D eigenvalue weighted by molar-refractivity contribution is 0.0304. The van der Waals surface area contributed by atoms with Crippen LogP contribution in [0.3, 0.4) is 0 Å². The minimum Gasteiger partial charge on any atom is -0.394 e. The normalized spacial score (nSPS) is 23.6. The van der Waals surface area contributed by atoms with Crippen molar-refractivity contribution >= 4 is 5.71 Å². The van der Waals surface area contributed by atoms with Crippen molar-refractivity contribution in [1.82, 2.24) is 5.32 Å². The smallest absolute Gasteiger partial charge is 0.134 e. The average Bonchev–Trinajstić information content (AvgIpc) is 2.20. The maximum Gasteiger partial charge on any atom is 0.134 e. The maximum atomic E-state index is 5.27. The van der Waals surface area contributed by atoms with Gasteiger partial charge in [0.2, 0.25) is 0 Å². The van der Waals surface area contributed by atoms with Crippen LogP contribution in [0, 0.1) is 0 Å². The molecule has 5 nitrogen and oxygen atoms in total. The van der Waals surface area contributed by atoms with Gasteiger partial charge in [-0.1, -0.05) is 5.16 Å². The van der Waals surface area contributed by atoms with Gasteiger partial charge < -0.3 is 19.6 Å². The predicted molar refractivity (Wildman–Crippen MR) is 53.5 cm³/mol. The number of nitrogens with zero attached hydrogens (tertiary/aromatic N) is 1. The number of morpholine rings is 1. The number of rotatable bonds is 5. The lowest BCUT2D eigenvalue weighted by atomic mass is 10.3. The van der Waals surface area contributed by atoms with Gasteiger partial charge in [-0.25, -0.2) is 0 Å². The SMILES string of the molecule is COC/C(C)=N\OC[C@@H]1COCCN1. The second-order valence-electron chi connectivity index (χ2n) is 3.28. The summed E-state index contributed by atoms with van der Waals surface area (Å²) in [7, 11) is 1.63. The van der Waals surface area contributed by atoms with Crippen LogP contribution < -0.4 is 5.32 Å². The molecule has 1 rings (SSSR count). The third kappa shape index (κ3) is 4.55. The molecular weight excluding hydrogens is 184 g/mol. The first-order valence-electron chi connectivity index (χ1n) is 4.78. The molecule has 0 aromatic heterocycles. The van der Waals surface area contributed by atoms with E-state index in [1.165, 1.54) is 0 Å². The van der Waals surface area contributed by atoms with Crippen molar-refractivity contribution < 1.29 is 14.3 Å².